The van der Waals surface area contributed by atoms with E-state index in [1.54, 1.807) is 0 Å². The third-order valence-electron chi connectivity index (χ3n) is 4.06. The van der Waals surface area contributed by atoms with Crippen molar-refractivity contribution in [2.24, 2.45) is 5.92 Å². The van der Waals surface area contributed by atoms with Crippen molar-refractivity contribution in [3.05, 3.63) is 12.1 Å². The molecule has 1 saturated carbocycles. The molecular formula is C13H20N6O. The molecule has 108 valence electrons. The Bertz CT molecular complexity index is 551. The van der Waals surface area contributed by atoms with Crippen LogP contribution in [-0.4, -0.2) is 43.0 Å². The Morgan fingerprint density at radius 3 is 2.95 bits per heavy atom. The van der Waals surface area contributed by atoms with Gasteiger partial charge in [0.1, 0.15) is 5.82 Å². The Labute approximate surface area is 117 Å². The van der Waals surface area contributed by atoms with Crippen LogP contribution in [0.2, 0.25) is 0 Å². The molecule has 2 aromatic heterocycles. The number of fused-ring (bicyclic) bond motifs is 1. The van der Waals surface area contributed by atoms with E-state index in [0.29, 0.717) is 11.6 Å². The predicted molar refractivity (Wildman–Crippen MR) is 74.3 cm³/mol. The van der Waals surface area contributed by atoms with Crippen LogP contribution in [0.25, 0.3) is 5.65 Å². The van der Waals surface area contributed by atoms with E-state index in [-0.39, 0.29) is 12.6 Å². The normalized spacial score (nSPS) is 18.2. The van der Waals surface area contributed by atoms with Crippen LogP contribution in [0.1, 0.15) is 38.5 Å². The number of anilines is 1. The van der Waals surface area contributed by atoms with Gasteiger partial charge in [0.05, 0.1) is 0 Å². The fourth-order valence-electron chi connectivity index (χ4n) is 3.02. The average Bonchev–Trinajstić information content (AvgIpc) is 2.95. The van der Waals surface area contributed by atoms with Gasteiger partial charge in [-0.15, -0.1) is 14.8 Å². The lowest BCUT2D eigenvalue weighted by molar-refractivity contribution is 0.238. The molecule has 1 aliphatic rings. The number of aromatic nitrogens is 5. The number of nitrogens with zero attached hydrogens (tertiary/aromatic N) is 5. The number of nitrogens with one attached hydrogen (secondary N) is 1. The minimum Gasteiger partial charge on any atom is -0.396 e. The van der Waals surface area contributed by atoms with Gasteiger partial charge < -0.3 is 10.4 Å². The molecule has 0 amide bonds. The Balaban J connectivity index is 1.73. The third kappa shape index (κ3) is 2.87. The highest BCUT2D eigenvalue weighted by molar-refractivity contribution is 5.42. The maximum atomic E-state index is 9.29. The summed E-state index contributed by atoms with van der Waals surface area (Å²) in [5.74, 6) is 1.37. The van der Waals surface area contributed by atoms with Gasteiger partial charge in [0.15, 0.2) is 5.65 Å². The number of tetrazole rings is 1. The molecule has 1 aliphatic carbocycles. The van der Waals surface area contributed by atoms with E-state index in [1.165, 1.54) is 36.7 Å². The van der Waals surface area contributed by atoms with Crippen molar-refractivity contribution in [1.82, 2.24) is 25.3 Å². The molecule has 0 radical (unpaired) electrons. The third-order valence-corrected chi connectivity index (χ3v) is 4.06. The van der Waals surface area contributed by atoms with Crippen molar-refractivity contribution in [2.75, 3.05) is 11.9 Å². The highest BCUT2D eigenvalue weighted by Gasteiger charge is 2.23. The smallest absolute Gasteiger partial charge is 0.200 e. The first-order valence-electron chi connectivity index (χ1n) is 7.29. The summed E-state index contributed by atoms with van der Waals surface area (Å²) >= 11 is 0. The van der Waals surface area contributed by atoms with Crippen molar-refractivity contribution in [2.45, 2.75) is 44.6 Å². The summed E-state index contributed by atoms with van der Waals surface area (Å²) in [6.45, 7) is 0.196. The van der Waals surface area contributed by atoms with E-state index in [0.717, 1.165) is 12.2 Å². The average molecular weight is 276 g/mol. The monoisotopic (exact) mass is 276 g/mol. The molecule has 0 aliphatic heterocycles. The SMILES string of the molecule is OCCC(Nc1ccc2nnnn2n1)C1CCCCC1. The number of rotatable bonds is 5. The van der Waals surface area contributed by atoms with E-state index in [9.17, 15) is 5.11 Å². The van der Waals surface area contributed by atoms with Crippen LogP contribution in [0, 0.1) is 5.92 Å². The molecule has 2 N–H and O–H groups in total. The molecule has 7 nitrogen and oxygen atoms in total. The van der Waals surface area contributed by atoms with Gasteiger partial charge >= 0.3 is 0 Å². The zero-order valence-electron chi connectivity index (χ0n) is 11.4. The second-order valence-corrected chi connectivity index (χ2v) is 5.41. The van der Waals surface area contributed by atoms with E-state index in [1.807, 2.05) is 12.1 Å². The number of aliphatic hydroxyl groups excluding tert-OH is 1. The minimum atomic E-state index is 0.196. The molecule has 2 heterocycles. The summed E-state index contributed by atoms with van der Waals surface area (Å²) in [5.41, 5.74) is 0.631. The molecule has 3 rings (SSSR count). The summed E-state index contributed by atoms with van der Waals surface area (Å²) in [4.78, 5) is 0. The van der Waals surface area contributed by atoms with E-state index in [2.05, 4.69) is 25.9 Å². The molecule has 2 aromatic rings. The first-order chi connectivity index (χ1) is 9.86. The molecule has 7 heteroatoms. The first-order valence-corrected chi connectivity index (χ1v) is 7.29. The highest BCUT2D eigenvalue weighted by Crippen LogP contribution is 2.29. The van der Waals surface area contributed by atoms with Gasteiger partial charge in [-0.3, -0.25) is 0 Å². The van der Waals surface area contributed by atoms with Crippen LogP contribution in [0.5, 0.6) is 0 Å². The fraction of sp³-hybridized carbons (Fsp3) is 0.692. The maximum absolute atomic E-state index is 9.29. The highest BCUT2D eigenvalue weighted by atomic mass is 16.3. The Kier molecular flexibility index (Phi) is 4.05. The maximum Gasteiger partial charge on any atom is 0.200 e. The van der Waals surface area contributed by atoms with Gasteiger partial charge in [-0.25, -0.2) is 0 Å². The molecule has 0 saturated heterocycles. The van der Waals surface area contributed by atoms with Crippen molar-refractivity contribution in [3.8, 4) is 0 Å². The van der Waals surface area contributed by atoms with Crippen LogP contribution in [-0.2, 0) is 0 Å². The Morgan fingerprint density at radius 1 is 1.30 bits per heavy atom. The lowest BCUT2D eigenvalue weighted by atomic mass is 9.83. The summed E-state index contributed by atoms with van der Waals surface area (Å²) < 4.78 is 1.42. The largest absolute Gasteiger partial charge is 0.396 e. The lowest BCUT2D eigenvalue weighted by Crippen LogP contribution is -2.32. The summed E-state index contributed by atoms with van der Waals surface area (Å²) in [6, 6.07) is 3.99. The van der Waals surface area contributed by atoms with Gasteiger partial charge in [-0.2, -0.15) is 0 Å². The Hall–Kier alpha value is -1.76. The summed E-state index contributed by atoms with van der Waals surface area (Å²) in [5, 5.41) is 28.3. The quantitative estimate of drug-likeness (QED) is 0.854. The predicted octanol–water partition coefficient (Wildman–Crippen LogP) is 1.26. The molecule has 1 unspecified atom stereocenters. The van der Waals surface area contributed by atoms with E-state index >= 15 is 0 Å². The van der Waals surface area contributed by atoms with Gasteiger partial charge in [0.2, 0.25) is 0 Å². The Morgan fingerprint density at radius 2 is 2.15 bits per heavy atom. The summed E-state index contributed by atoms with van der Waals surface area (Å²) in [6.07, 6.45) is 7.11. The molecular weight excluding hydrogens is 256 g/mol. The minimum absolute atomic E-state index is 0.196. The molecule has 1 atom stereocenters. The van der Waals surface area contributed by atoms with Gasteiger partial charge in [-0.05, 0) is 47.7 Å². The van der Waals surface area contributed by atoms with Crippen LogP contribution < -0.4 is 5.32 Å². The van der Waals surface area contributed by atoms with Crippen LogP contribution in [0.4, 0.5) is 5.82 Å². The number of aliphatic hydroxyl groups is 1. The van der Waals surface area contributed by atoms with Gasteiger partial charge in [-0.1, -0.05) is 19.3 Å². The molecule has 0 spiro atoms. The molecule has 0 aromatic carbocycles. The molecule has 0 bridgehead atoms. The van der Waals surface area contributed by atoms with E-state index < -0.39 is 0 Å². The van der Waals surface area contributed by atoms with E-state index in [4.69, 9.17) is 0 Å². The van der Waals surface area contributed by atoms with Crippen molar-refractivity contribution >= 4 is 11.5 Å². The van der Waals surface area contributed by atoms with Crippen LogP contribution in [0.3, 0.4) is 0 Å². The second kappa shape index (κ2) is 6.13. The zero-order valence-corrected chi connectivity index (χ0v) is 11.4. The first kappa shape index (κ1) is 13.2. The second-order valence-electron chi connectivity index (χ2n) is 5.41. The lowest BCUT2D eigenvalue weighted by Gasteiger charge is -2.30. The van der Waals surface area contributed by atoms with Crippen molar-refractivity contribution in [3.63, 3.8) is 0 Å². The number of hydrogen-bond acceptors (Lipinski definition) is 6. The topological polar surface area (TPSA) is 88.2 Å². The molecule has 1 fully saturated rings. The number of hydrogen-bond donors (Lipinski definition) is 2. The standard InChI is InChI=1S/C13H20N6O/c20-9-8-11(10-4-2-1-3-5-10)14-12-6-7-13-15-17-18-19(13)16-12/h6-7,10-11,20H,1-5,8-9H2,(H,14,16). The van der Waals surface area contributed by atoms with Crippen molar-refractivity contribution in [1.29, 1.82) is 0 Å². The van der Waals surface area contributed by atoms with Gasteiger partial charge in [0.25, 0.3) is 0 Å². The van der Waals surface area contributed by atoms with Gasteiger partial charge in [0, 0.05) is 12.6 Å². The summed E-state index contributed by atoms with van der Waals surface area (Å²) in [7, 11) is 0. The fourth-order valence-corrected chi connectivity index (χ4v) is 3.02. The van der Waals surface area contributed by atoms with Crippen LogP contribution in [0.15, 0.2) is 12.1 Å². The van der Waals surface area contributed by atoms with Crippen molar-refractivity contribution < 1.29 is 5.11 Å². The zero-order chi connectivity index (χ0) is 13.8. The molecule has 20 heavy (non-hydrogen) atoms. The van der Waals surface area contributed by atoms with Crippen LogP contribution >= 0.6 is 0 Å².